The van der Waals surface area contributed by atoms with E-state index in [0.29, 0.717) is 19.6 Å². The predicted octanol–water partition coefficient (Wildman–Crippen LogP) is 2.91. The van der Waals surface area contributed by atoms with Gasteiger partial charge >= 0.3 is 12.1 Å². The van der Waals surface area contributed by atoms with Crippen LogP contribution in [-0.2, 0) is 32.2 Å². The number of rotatable bonds is 5. The van der Waals surface area contributed by atoms with Crippen LogP contribution in [0.4, 0.5) is 4.79 Å². The molecule has 2 aliphatic rings. The average molecular weight is 367 g/mol. The van der Waals surface area contributed by atoms with Gasteiger partial charge < -0.3 is 14.2 Å². The van der Waals surface area contributed by atoms with Gasteiger partial charge in [-0.3, -0.25) is 4.90 Å². The van der Waals surface area contributed by atoms with Gasteiger partial charge in [-0.05, 0) is 11.1 Å². The Balaban J connectivity index is 1.41. The number of nitrogens with zero attached hydrogens (tertiary/aromatic N) is 1. The summed E-state index contributed by atoms with van der Waals surface area (Å²) in [5.74, 6) is -0.424. The molecule has 1 amide bonds. The summed E-state index contributed by atoms with van der Waals surface area (Å²) >= 11 is 0. The summed E-state index contributed by atoms with van der Waals surface area (Å²) in [4.78, 5) is 26.3. The van der Waals surface area contributed by atoms with Gasteiger partial charge in [-0.15, -0.1) is 0 Å². The fourth-order valence-corrected chi connectivity index (χ4v) is 3.53. The lowest BCUT2D eigenvalue weighted by Gasteiger charge is -2.34. The number of esters is 1. The molecule has 140 valence electrons. The van der Waals surface area contributed by atoms with E-state index in [0.717, 1.165) is 11.1 Å². The third kappa shape index (κ3) is 3.80. The number of carbonyl (C=O) groups is 2. The standard InChI is InChI=1S/C21H21NO5/c23-20-18-19(25-13-15-7-3-1-4-8-15)17(27-20)11-12-22(18)21(24)26-14-16-9-5-2-6-10-16/h1-10,17-19H,11-14H2/t17-,18+,19+/m1/s1. The van der Waals surface area contributed by atoms with Crippen LogP contribution < -0.4 is 0 Å². The van der Waals surface area contributed by atoms with Crippen LogP contribution in [0, 0.1) is 0 Å². The van der Waals surface area contributed by atoms with Gasteiger partial charge in [0.1, 0.15) is 18.8 Å². The third-order valence-corrected chi connectivity index (χ3v) is 4.90. The van der Waals surface area contributed by atoms with E-state index in [9.17, 15) is 9.59 Å². The first-order valence-corrected chi connectivity index (χ1v) is 9.06. The lowest BCUT2D eigenvalue weighted by molar-refractivity contribution is -0.143. The summed E-state index contributed by atoms with van der Waals surface area (Å²) in [6.07, 6.45) is -0.767. The smallest absolute Gasteiger partial charge is 0.410 e. The first-order valence-electron chi connectivity index (χ1n) is 9.06. The zero-order chi connectivity index (χ0) is 18.6. The van der Waals surface area contributed by atoms with Gasteiger partial charge in [0.2, 0.25) is 0 Å². The number of hydrogen-bond donors (Lipinski definition) is 0. The Labute approximate surface area is 157 Å². The molecule has 2 aromatic rings. The normalized spacial score (nSPS) is 23.8. The molecule has 2 aliphatic heterocycles. The molecule has 0 saturated carbocycles. The Kier molecular flexibility index (Phi) is 5.07. The van der Waals surface area contributed by atoms with E-state index in [1.165, 1.54) is 4.90 Å². The second-order valence-corrected chi connectivity index (χ2v) is 6.70. The van der Waals surface area contributed by atoms with Crippen molar-refractivity contribution in [3.05, 3.63) is 71.8 Å². The SMILES string of the molecule is O=C1O[C@@H]2CCN(C(=O)OCc3ccccc3)[C@H]1[C@H]2OCc1ccccc1. The number of piperidine rings is 1. The molecule has 0 unspecified atom stereocenters. The molecular formula is C21H21NO5. The summed E-state index contributed by atoms with van der Waals surface area (Å²) in [6.45, 7) is 0.943. The Morgan fingerprint density at radius 3 is 2.30 bits per heavy atom. The molecule has 27 heavy (non-hydrogen) atoms. The molecule has 6 heteroatoms. The molecule has 2 bridgehead atoms. The van der Waals surface area contributed by atoms with Crippen molar-refractivity contribution in [3.63, 3.8) is 0 Å². The van der Waals surface area contributed by atoms with Crippen LogP contribution in [0.2, 0.25) is 0 Å². The number of likely N-dealkylation sites (tertiary alicyclic amines) is 1. The number of hydrogen-bond acceptors (Lipinski definition) is 5. The van der Waals surface area contributed by atoms with E-state index in [1.807, 2.05) is 60.7 Å². The van der Waals surface area contributed by atoms with Crippen molar-refractivity contribution in [2.24, 2.45) is 0 Å². The molecule has 0 aliphatic carbocycles. The highest BCUT2D eigenvalue weighted by Crippen LogP contribution is 2.32. The van der Waals surface area contributed by atoms with Crippen LogP contribution in [-0.4, -0.2) is 41.8 Å². The first-order chi connectivity index (χ1) is 13.2. The fourth-order valence-electron chi connectivity index (χ4n) is 3.53. The molecule has 3 atom stereocenters. The van der Waals surface area contributed by atoms with E-state index >= 15 is 0 Å². The lowest BCUT2D eigenvalue weighted by Crippen LogP contribution is -2.54. The van der Waals surface area contributed by atoms with Gasteiger partial charge in [0, 0.05) is 13.0 Å². The van der Waals surface area contributed by atoms with Gasteiger partial charge in [-0.1, -0.05) is 60.7 Å². The number of amides is 1. The third-order valence-electron chi connectivity index (χ3n) is 4.90. The molecule has 2 fully saturated rings. The highest BCUT2D eigenvalue weighted by Gasteiger charge is 2.54. The second-order valence-electron chi connectivity index (χ2n) is 6.70. The van der Waals surface area contributed by atoms with Gasteiger partial charge in [-0.25, -0.2) is 9.59 Å². The van der Waals surface area contributed by atoms with E-state index < -0.39 is 24.2 Å². The van der Waals surface area contributed by atoms with Crippen molar-refractivity contribution < 1.29 is 23.8 Å². The van der Waals surface area contributed by atoms with Crippen LogP contribution in [0.1, 0.15) is 17.5 Å². The number of fused-ring (bicyclic) bond motifs is 2. The number of ether oxygens (including phenoxy) is 3. The van der Waals surface area contributed by atoms with E-state index in [1.54, 1.807) is 0 Å². The minimum absolute atomic E-state index is 0.164. The van der Waals surface area contributed by atoms with Crippen molar-refractivity contribution in [1.29, 1.82) is 0 Å². The average Bonchev–Trinajstić information content (AvgIpc) is 2.91. The minimum atomic E-state index is -0.754. The monoisotopic (exact) mass is 367 g/mol. The molecule has 0 radical (unpaired) electrons. The van der Waals surface area contributed by atoms with Crippen LogP contribution >= 0.6 is 0 Å². The quantitative estimate of drug-likeness (QED) is 0.761. The zero-order valence-corrected chi connectivity index (χ0v) is 14.8. The fraction of sp³-hybridized carbons (Fsp3) is 0.333. The summed E-state index contributed by atoms with van der Waals surface area (Å²) in [7, 11) is 0. The van der Waals surface area contributed by atoms with Crippen LogP contribution in [0.3, 0.4) is 0 Å². The predicted molar refractivity (Wildman–Crippen MR) is 96.6 cm³/mol. The molecule has 4 rings (SSSR count). The number of benzene rings is 2. The van der Waals surface area contributed by atoms with Crippen molar-refractivity contribution >= 4 is 12.1 Å². The second kappa shape index (κ2) is 7.80. The van der Waals surface area contributed by atoms with Gasteiger partial charge in [0.15, 0.2) is 6.04 Å². The maximum Gasteiger partial charge on any atom is 0.410 e. The Hall–Kier alpha value is -2.86. The lowest BCUT2D eigenvalue weighted by atomic mass is 9.99. The van der Waals surface area contributed by atoms with E-state index in [-0.39, 0.29) is 12.7 Å². The van der Waals surface area contributed by atoms with E-state index in [2.05, 4.69) is 0 Å². The van der Waals surface area contributed by atoms with Crippen molar-refractivity contribution in [1.82, 2.24) is 4.90 Å². The Morgan fingerprint density at radius 1 is 1.00 bits per heavy atom. The van der Waals surface area contributed by atoms with Crippen molar-refractivity contribution in [3.8, 4) is 0 Å². The molecule has 2 heterocycles. The highest BCUT2D eigenvalue weighted by atomic mass is 16.6. The molecule has 2 saturated heterocycles. The highest BCUT2D eigenvalue weighted by molar-refractivity contribution is 5.84. The van der Waals surface area contributed by atoms with Crippen molar-refractivity contribution in [2.75, 3.05) is 6.54 Å². The maximum absolute atomic E-state index is 12.6. The van der Waals surface area contributed by atoms with Gasteiger partial charge in [-0.2, -0.15) is 0 Å². The molecule has 2 aromatic carbocycles. The summed E-state index contributed by atoms with van der Waals surface area (Å²) < 4.78 is 16.8. The van der Waals surface area contributed by atoms with Crippen LogP contribution in [0.15, 0.2) is 60.7 Å². The van der Waals surface area contributed by atoms with Crippen LogP contribution in [0.5, 0.6) is 0 Å². The summed E-state index contributed by atoms with van der Waals surface area (Å²) in [6, 6.07) is 18.4. The van der Waals surface area contributed by atoms with Crippen LogP contribution in [0.25, 0.3) is 0 Å². The Morgan fingerprint density at radius 2 is 1.63 bits per heavy atom. The number of carbonyl (C=O) groups excluding carboxylic acids is 2. The molecule has 0 aromatic heterocycles. The topological polar surface area (TPSA) is 65.1 Å². The zero-order valence-electron chi connectivity index (χ0n) is 14.8. The van der Waals surface area contributed by atoms with Gasteiger partial charge in [0.25, 0.3) is 0 Å². The molecule has 6 nitrogen and oxygen atoms in total. The molecule has 0 spiro atoms. The summed E-state index contributed by atoms with van der Waals surface area (Å²) in [5.41, 5.74) is 1.90. The summed E-state index contributed by atoms with van der Waals surface area (Å²) in [5, 5.41) is 0. The largest absolute Gasteiger partial charge is 0.458 e. The molecule has 0 N–H and O–H groups in total. The van der Waals surface area contributed by atoms with Gasteiger partial charge in [0.05, 0.1) is 6.61 Å². The minimum Gasteiger partial charge on any atom is -0.458 e. The van der Waals surface area contributed by atoms with Crippen molar-refractivity contribution in [2.45, 2.75) is 37.9 Å². The first kappa shape index (κ1) is 17.5. The maximum atomic E-state index is 12.6. The van der Waals surface area contributed by atoms with E-state index in [4.69, 9.17) is 14.2 Å². The Bertz CT molecular complexity index is 795. The molecular weight excluding hydrogens is 346 g/mol.